The number of rotatable bonds is 1. The van der Waals surface area contributed by atoms with Gasteiger partial charge in [-0.05, 0) is 44.6 Å². The Kier molecular flexibility index (Phi) is 15.7. The third-order valence-corrected chi connectivity index (χ3v) is 2.20. The maximum Gasteiger partial charge on any atom is 0.236 e. The first-order chi connectivity index (χ1) is 6.66. The van der Waals surface area contributed by atoms with E-state index in [1.807, 2.05) is 13.8 Å². The number of piperidine rings is 1. The summed E-state index contributed by atoms with van der Waals surface area (Å²) in [6.07, 6.45) is 4.28. The third kappa shape index (κ3) is 14.7. The van der Waals surface area contributed by atoms with Crippen molar-refractivity contribution in [3.63, 3.8) is 0 Å². The lowest BCUT2D eigenvalue weighted by Crippen LogP contribution is -2.24. The average Bonchev–Trinajstić information content (AvgIpc) is 2.23. The molecule has 0 saturated carbocycles. The summed E-state index contributed by atoms with van der Waals surface area (Å²) in [7, 11) is 2.19. The van der Waals surface area contributed by atoms with Crippen molar-refractivity contribution in [2.45, 2.75) is 33.1 Å². The first kappa shape index (κ1) is 16.6. The predicted octanol–water partition coefficient (Wildman–Crippen LogP) is 3.12. The van der Waals surface area contributed by atoms with Gasteiger partial charge in [-0.3, -0.25) is 4.79 Å². The van der Waals surface area contributed by atoms with Crippen molar-refractivity contribution >= 4 is 28.4 Å². The molecule has 1 fully saturated rings. The number of likely N-dealkylation sites (tertiary alicyclic amines) is 1. The van der Waals surface area contributed by atoms with E-state index in [2.05, 4.69) is 11.9 Å². The highest BCUT2D eigenvalue weighted by Gasteiger charge is 2.02. The molecule has 0 N–H and O–H groups in total. The average molecular weight is 242 g/mol. The van der Waals surface area contributed by atoms with Crippen LogP contribution < -0.4 is 0 Å². The number of nitrogens with zero attached hydrogens (tertiary/aromatic N) is 1. The highest BCUT2D eigenvalue weighted by atomic mass is 35.5. The second-order valence-corrected chi connectivity index (χ2v) is 3.54. The zero-order valence-corrected chi connectivity index (χ0v) is 10.9. The first-order valence-electron chi connectivity index (χ1n) is 5.09. The van der Waals surface area contributed by atoms with E-state index in [0.29, 0.717) is 0 Å². The lowest BCUT2D eigenvalue weighted by Gasteiger charge is -2.20. The van der Waals surface area contributed by atoms with Gasteiger partial charge in [0.15, 0.2) is 0 Å². The van der Waals surface area contributed by atoms with Crippen molar-refractivity contribution in [1.82, 2.24) is 4.90 Å². The van der Waals surface area contributed by atoms with Gasteiger partial charge in [-0.15, -0.1) is 11.6 Å². The first-order valence-corrected chi connectivity index (χ1v) is 6.01. The largest absolute Gasteiger partial charge is 0.306 e. The Morgan fingerprint density at radius 1 is 1.21 bits per heavy atom. The van der Waals surface area contributed by atoms with Crippen LogP contribution in [0.25, 0.3) is 0 Å². The van der Waals surface area contributed by atoms with Gasteiger partial charge in [0.2, 0.25) is 5.24 Å². The van der Waals surface area contributed by atoms with E-state index in [4.69, 9.17) is 23.2 Å². The van der Waals surface area contributed by atoms with Crippen LogP contribution in [0.5, 0.6) is 0 Å². The number of carbonyl (C=O) groups is 1. The minimum absolute atomic E-state index is 0.0957. The fourth-order valence-electron chi connectivity index (χ4n) is 1.05. The van der Waals surface area contributed by atoms with Crippen LogP contribution in [0.2, 0.25) is 0 Å². The van der Waals surface area contributed by atoms with Crippen LogP contribution >= 0.6 is 23.2 Å². The summed E-state index contributed by atoms with van der Waals surface area (Å²) in [4.78, 5) is 11.8. The lowest BCUT2D eigenvalue weighted by atomic mass is 10.1. The summed E-state index contributed by atoms with van der Waals surface area (Å²) < 4.78 is 0. The van der Waals surface area contributed by atoms with Gasteiger partial charge >= 0.3 is 0 Å². The Labute approximate surface area is 97.6 Å². The van der Waals surface area contributed by atoms with E-state index < -0.39 is 5.24 Å². The minimum Gasteiger partial charge on any atom is -0.306 e. The van der Waals surface area contributed by atoms with E-state index in [9.17, 15) is 4.79 Å². The molecule has 14 heavy (non-hydrogen) atoms. The van der Waals surface area contributed by atoms with Crippen LogP contribution in [-0.2, 0) is 4.79 Å². The molecule has 1 heterocycles. The zero-order valence-electron chi connectivity index (χ0n) is 9.35. The summed E-state index contributed by atoms with van der Waals surface area (Å²) in [5.74, 6) is -0.0957. The maximum absolute atomic E-state index is 9.45. The van der Waals surface area contributed by atoms with Crippen molar-refractivity contribution in [2.24, 2.45) is 0 Å². The highest BCUT2D eigenvalue weighted by molar-refractivity contribution is 6.67. The molecule has 86 valence electrons. The smallest absolute Gasteiger partial charge is 0.236 e. The fraction of sp³-hybridized carbons (Fsp3) is 0.900. The van der Waals surface area contributed by atoms with Crippen LogP contribution in [0.4, 0.5) is 0 Å². The molecule has 0 aromatic rings. The SMILES string of the molecule is CC.CN1CCCCC1.O=C(Cl)CCl. The molecule has 0 unspecified atom stereocenters. The van der Waals surface area contributed by atoms with Crippen molar-refractivity contribution < 1.29 is 4.79 Å². The monoisotopic (exact) mass is 241 g/mol. The number of halogens is 2. The summed E-state index contributed by atoms with van der Waals surface area (Å²) in [5.41, 5.74) is 0. The Balaban J connectivity index is 0. The van der Waals surface area contributed by atoms with E-state index >= 15 is 0 Å². The van der Waals surface area contributed by atoms with Gasteiger partial charge in [0, 0.05) is 0 Å². The number of alkyl halides is 1. The number of hydrogen-bond acceptors (Lipinski definition) is 2. The molecule has 1 saturated heterocycles. The molecular formula is C10H21Cl2NO. The van der Waals surface area contributed by atoms with Gasteiger partial charge in [0.1, 0.15) is 0 Å². The van der Waals surface area contributed by atoms with Crippen LogP contribution in [0, 0.1) is 0 Å². The zero-order chi connectivity index (χ0) is 11.4. The second-order valence-electron chi connectivity index (χ2n) is 2.85. The normalized spacial score (nSPS) is 15.8. The molecule has 0 radical (unpaired) electrons. The van der Waals surface area contributed by atoms with Gasteiger partial charge in [-0.25, -0.2) is 0 Å². The van der Waals surface area contributed by atoms with Crippen LogP contribution in [0.3, 0.4) is 0 Å². The quantitative estimate of drug-likeness (QED) is 0.520. The Morgan fingerprint density at radius 2 is 1.57 bits per heavy atom. The maximum atomic E-state index is 9.45. The van der Waals surface area contributed by atoms with Crippen molar-refractivity contribution in [3.8, 4) is 0 Å². The molecule has 0 aromatic carbocycles. The Bertz CT molecular complexity index is 125. The molecule has 0 spiro atoms. The minimum atomic E-state index is -0.508. The highest BCUT2D eigenvalue weighted by Crippen LogP contribution is 2.04. The molecule has 2 nitrogen and oxygen atoms in total. The van der Waals surface area contributed by atoms with E-state index in [1.54, 1.807) is 0 Å². The van der Waals surface area contributed by atoms with Crippen molar-refractivity contribution in [2.75, 3.05) is 26.0 Å². The summed E-state index contributed by atoms with van der Waals surface area (Å²) >= 11 is 9.55. The van der Waals surface area contributed by atoms with E-state index in [1.165, 1.54) is 32.4 Å². The Morgan fingerprint density at radius 3 is 1.71 bits per heavy atom. The molecule has 0 bridgehead atoms. The molecule has 0 aliphatic carbocycles. The van der Waals surface area contributed by atoms with Gasteiger partial charge in [-0.2, -0.15) is 0 Å². The molecule has 1 aliphatic rings. The van der Waals surface area contributed by atoms with Crippen LogP contribution in [0.15, 0.2) is 0 Å². The van der Waals surface area contributed by atoms with E-state index in [-0.39, 0.29) is 5.88 Å². The van der Waals surface area contributed by atoms with Gasteiger partial charge in [-0.1, -0.05) is 20.3 Å². The molecule has 0 atom stereocenters. The summed E-state index contributed by atoms with van der Waals surface area (Å²) in [6.45, 7) is 6.64. The van der Waals surface area contributed by atoms with Crippen LogP contribution in [-0.4, -0.2) is 36.2 Å². The molecule has 0 aromatic heterocycles. The molecule has 1 aliphatic heterocycles. The van der Waals surface area contributed by atoms with Gasteiger partial charge in [0.25, 0.3) is 0 Å². The van der Waals surface area contributed by atoms with E-state index in [0.717, 1.165) is 0 Å². The van der Waals surface area contributed by atoms with Gasteiger partial charge in [0.05, 0.1) is 5.88 Å². The van der Waals surface area contributed by atoms with Crippen molar-refractivity contribution in [1.29, 1.82) is 0 Å². The Hall–Kier alpha value is 0.210. The summed E-state index contributed by atoms with van der Waals surface area (Å²) in [6, 6.07) is 0. The second kappa shape index (κ2) is 13.2. The predicted molar refractivity (Wildman–Crippen MR) is 64.3 cm³/mol. The molecule has 0 amide bonds. The third-order valence-electron chi connectivity index (χ3n) is 1.68. The fourth-order valence-corrected chi connectivity index (χ4v) is 1.05. The number of carbonyl (C=O) groups excluding carboxylic acids is 1. The van der Waals surface area contributed by atoms with Crippen molar-refractivity contribution in [3.05, 3.63) is 0 Å². The van der Waals surface area contributed by atoms with Gasteiger partial charge < -0.3 is 4.90 Å². The standard InChI is InChI=1S/C6H13N.C2H2Cl2O.C2H6/c1-7-5-3-2-4-6-7;3-1-2(4)5;1-2/h2-6H2,1H3;1H2;1-2H3. The van der Waals surface area contributed by atoms with Crippen LogP contribution in [0.1, 0.15) is 33.1 Å². The topological polar surface area (TPSA) is 20.3 Å². The lowest BCUT2D eigenvalue weighted by molar-refractivity contribution is -0.109. The summed E-state index contributed by atoms with van der Waals surface area (Å²) in [5, 5.41) is -0.508. The molecule has 1 rings (SSSR count). The number of hydrogen-bond donors (Lipinski definition) is 0. The molecule has 4 heteroatoms. The molecular weight excluding hydrogens is 221 g/mol.